The Bertz CT molecular complexity index is 724. The van der Waals surface area contributed by atoms with Crippen molar-refractivity contribution in [3.63, 3.8) is 0 Å². The van der Waals surface area contributed by atoms with Gasteiger partial charge in [-0.15, -0.1) is 0 Å². The van der Waals surface area contributed by atoms with Gasteiger partial charge in [0.2, 0.25) is 11.8 Å². The summed E-state index contributed by atoms with van der Waals surface area (Å²) in [6.45, 7) is 5.17. The number of aromatic nitrogens is 2. The highest BCUT2D eigenvalue weighted by Crippen LogP contribution is 2.40. The van der Waals surface area contributed by atoms with E-state index in [9.17, 15) is 4.79 Å². The molecule has 0 saturated heterocycles. The molecule has 5 nitrogen and oxygen atoms in total. The van der Waals surface area contributed by atoms with Crippen molar-refractivity contribution < 1.29 is 9.32 Å². The van der Waals surface area contributed by atoms with Crippen molar-refractivity contribution in [2.45, 2.75) is 45.1 Å². The standard InChI is InChI=1S/C16H18ClN3O2/c1-9(21)19-16(2,3)15-18-14(22-20-15)12-8-7-11-10(12)5-4-6-13(11)17/h4-6,12H,7-8H2,1-3H3,(H,19,21). The number of hydrogen-bond acceptors (Lipinski definition) is 4. The molecule has 1 atom stereocenters. The van der Waals surface area contributed by atoms with E-state index >= 15 is 0 Å². The van der Waals surface area contributed by atoms with Crippen molar-refractivity contribution in [2.24, 2.45) is 0 Å². The van der Waals surface area contributed by atoms with Crippen molar-refractivity contribution in [2.75, 3.05) is 0 Å². The van der Waals surface area contributed by atoms with Gasteiger partial charge in [-0.2, -0.15) is 4.98 Å². The van der Waals surface area contributed by atoms with Gasteiger partial charge in [-0.25, -0.2) is 0 Å². The minimum Gasteiger partial charge on any atom is -0.344 e. The number of benzene rings is 1. The predicted octanol–water partition coefficient (Wildman–Crippen LogP) is 3.17. The van der Waals surface area contributed by atoms with Crippen LogP contribution in [0.5, 0.6) is 0 Å². The molecule has 0 fully saturated rings. The van der Waals surface area contributed by atoms with Crippen LogP contribution in [0.25, 0.3) is 0 Å². The molecule has 0 spiro atoms. The SMILES string of the molecule is CC(=O)NC(C)(C)c1noc(C2CCc3c(Cl)cccc32)n1. The molecule has 0 aliphatic heterocycles. The van der Waals surface area contributed by atoms with E-state index in [1.807, 2.05) is 26.0 Å². The maximum absolute atomic E-state index is 11.3. The largest absolute Gasteiger partial charge is 0.344 e. The van der Waals surface area contributed by atoms with E-state index < -0.39 is 5.54 Å². The van der Waals surface area contributed by atoms with Crippen molar-refractivity contribution in [1.82, 2.24) is 15.5 Å². The molecule has 3 rings (SSSR count). The molecule has 116 valence electrons. The van der Waals surface area contributed by atoms with Gasteiger partial charge in [0.1, 0.15) is 0 Å². The minimum absolute atomic E-state index is 0.0723. The summed E-state index contributed by atoms with van der Waals surface area (Å²) >= 11 is 6.24. The van der Waals surface area contributed by atoms with Gasteiger partial charge in [0.25, 0.3) is 0 Å². The van der Waals surface area contributed by atoms with Gasteiger partial charge in [-0.1, -0.05) is 28.9 Å². The van der Waals surface area contributed by atoms with Gasteiger partial charge < -0.3 is 9.84 Å². The summed E-state index contributed by atoms with van der Waals surface area (Å²) < 4.78 is 5.46. The second-order valence-electron chi connectivity index (χ2n) is 6.16. The van der Waals surface area contributed by atoms with Gasteiger partial charge in [0.15, 0.2) is 5.82 Å². The highest BCUT2D eigenvalue weighted by atomic mass is 35.5. The maximum Gasteiger partial charge on any atom is 0.234 e. The molecule has 0 saturated carbocycles. The van der Waals surface area contributed by atoms with Crippen molar-refractivity contribution in [3.05, 3.63) is 46.1 Å². The quantitative estimate of drug-likeness (QED) is 0.943. The molecule has 1 aliphatic rings. The Labute approximate surface area is 134 Å². The minimum atomic E-state index is -0.663. The average molecular weight is 320 g/mol. The first-order valence-electron chi connectivity index (χ1n) is 7.28. The molecule has 1 heterocycles. The fourth-order valence-corrected chi connectivity index (χ4v) is 3.27. The lowest BCUT2D eigenvalue weighted by molar-refractivity contribution is -0.120. The van der Waals surface area contributed by atoms with E-state index in [-0.39, 0.29) is 11.8 Å². The Morgan fingerprint density at radius 1 is 1.45 bits per heavy atom. The summed E-state index contributed by atoms with van der Waals surface area (Å²) in [4.78, 5) is 15.8. The second-order valence-corrected chi connectivity index (χ2v) is 6.57. The molecule has 1 aliphatic carbocycles. The smallest absolute Gasteiger partial charge is 0.234 e. The number of nitrogens with zero attached hydrogens (tertiary/aromatic N) is 2. The topological polar surface area (TPSA) is 68.0 Å². The van der Waals surface area contributed by atoms with Gasteiger partial charge in [0, 0.05) is 11.9 Å². The molecule has 22 heavy (non-hydrogen) atoms. The third kappa shape index (κ3) is 2.61. The van der Waals surface area contributed by atoms with Crippen LogP contribution in [0, 0.1) is 0 Å². The lowest BCUT2D eigenvalue weighted by Crippen LogP contribution is -2.40. The number of amides is 1. The summed E-state index contributed by atoms with van der Waals surface area (Å²) in [6, 6.07) is 5.90. The lowest BCUT2D eigenvalue weighted by Gasteiger charge is -2.21. The third-order valence-corrected chi connectivity index (χ3v) is 4.36. The van der Waals surface area contributed by atoms with Crippen LogP contribution in [0.2, 0.25) is 5.02 Å². The lowest BCUT2D eigenvalue weighted by atomic mass is 10.0. The van der Waals surface area contributed by atoms with Gasteiger partial charge >= 0.3 is 0 Å². The predicted molar refractivity (Wildman–Crippen MR) is 82.8 cm³/mol. The number of halogens is 1. The Balaban J connectivity index is 1.91. The third-order valence-electron chi connectivity index (χ3n) is 4.00. The first-order chi connectivity index (χ1) is 10.4. The van der Waals surface area contributed by atoms with E-state index in [1.165, 1.54) is 6.92 Å². The molecule has 0 bridgehead atoms. The summed E-state index contributed by atoms with van der Waals surface area (Å²) in [5.74, 6) is 1.00. The number of nitrogens with one attached hydrogen (secondary N) is 1. The molecular weight excluding hydrogens is 302 g/mol. The Morgan fingerprint density at radius 2 is 2.23 bits per heavy atom. The maximum atomic E-state index is 11.3. The number of carbonyl (C=O) groups excluding carboxylic acids is 1. The van der Waals surface area contributed by atoms with Crippen LogP contribution in [0.1, 0.15) is 56.0 Å². The highest BCUT2D eigenvalue weighted by Gasteiger charge is 2.33. The van der Waals surface area contributed by atoms with E-state index in [4.69, 9.17) is 16.1 Å². The fourth-order valence-electron chi connectivity index (χ4n) is 2.99. The Hall–Kier alpha value is -1.88. The number of fused-ring (bicyclic) bond motifs is 1. The molecule has 1 N–H and O–H groups in total. The monoisotopic (exact) mass is 319 g/mol. The molecule has 6 heteroatoms. The average Bonchev–Trinajstić information content (AvgIpc) is 3.03. The van der Waals surface area contributed by atoms with Crippen LogP contribution in [-0.4, -0.2) is 16.0 Å². The van der Waals surface area contributed by atoms with Gasteiger partial charge in [0.05, 0.1) is 11.5 Å². The first kappa shape index (κ1) is 15.0. The Kier molecular flexibility index (Phi) is 3.68. The molecule has 0 radical (unpaired) electrons. The summed E-state index contributed by atoms with van der Waals surface area (Å²) in [5.41, 5.74) is 1.65. The van der Waals surface area contributed by atoms with E-state index in [0.29, 0.717) is 11.7 Å². The van der Waals surface area contributed by atoms with Crippen LogP contribution in [0.3, 0.4) is 0 Å². The van der Waals surface area contributed by atoms with Crippen LogP contribution in [0.15, 0.2) is 22.7 Å². The highest BCUT2D eigenvalue weighted by molar-refractivity contribution is 6.31. The molecule has 1 unspecified atom stereocenters. The zero-order valence-electron chi connectivity index (χ0n) is 12.8. The van der Waals surface area contributed by atoms with Crippen molar-refractivity contribution in [1.29, 1.82) is 0 Å². The molecule has 1 aromatic heterocycles. The fraction of sp³-hybridized carbons (Fsp3) is 0.438. The Morgan fingerprint density at radius 3 is 2.95 bits per heavy atom. The summed E-state index contributed by atoms with van der Waals surface area (Å²) in [6.07, 6.45) is 1.81. The summed E-state index contributed by atoms with van der Waals surface area (Å²) in [5, 5.41) is 7.66. The summed E-state index contributed by atoms with van der Waals surface area (Å²) in [7, 11) is 0. The van der Waals surface area contributed by atoms with E-state index in [0.717, 1.165) is 29.0 Å². The van der Waals surface area contributed by atoms with Gasteiger partial charge in [-0.3, -0.25) is 4.79 Å². The van der Waals surface area contributed by atoms with Crippen molar-refractivity contribution >= 4 is 17.5 Å². The molecule has 2 aromatic rings. The molecular formula is C16H18ClN3O2. The normalized spacial score (nSPS) is 17.4. The zero-order valence-corrected chi connectivity index (χ0v) is 13.6. The number of carbonyl (C=O) groups is 1. The zero-order chi connectivity index (χ0) is 15.9. The molecule has 1 amide bonds. The van der Waals surface area contributed by atoms with E-state index in [2.05, 4.69) is 21.5 Å². The van der Waals surface area contributed by atoms with Crippen LogP contribution in [0.4, 0.5) is 0 Å². The number of hydrogen-bond donors (Lipinski definition) is 1. The number of rotatable bonds is 3. The molecule has 1 aromatic carbocycles. The first-order valence-corrected chi connectivity index (χ1v) is 7.66. The second kappa shape index (κ2) is 5.39. The van der Waals surface area contributed by atoms with E-state index in [1.54, 1.807) is 0 Å². The van der Waals surface area contributed by atoms with Crippen molar-refractivity contribution in [3.8, 4) is 0 Å². The van der Waals surface area contributed by atoms with Crippen LogP contribution in [-0.2, 0) is 16.8 Å². The van der Waals surface area contributed by atoms with Gasteiger partial charge in [-0.05, 0) is 43.9 Å². The van der Waals surface area contributed by atoms with Crippen LogP contribution >= 0.6 is 11.6 Å². The van der Waals surface area contributed by atoms with Crippen LogP contribution < -0.4 is 5.32 Å².